The van der Waals surface area contributed by atoms with Crippen LogP contribution in [0.15, 0.2) is 48.5 Å². The SMILES string of the molecule is Cc1ccc(-c2nc3ccccc3c(C(=O)NC3CCCCCC3)c2C)cc1. The fourth-order valence-corrected chi connectivity index (χ4v) is 4.27. The highest BCUT2D eigenvalue weighted by Crippen LogP contribution is 2.30. The summed E-state index contributed by atoms with van der Waals surface area (Å²) in [6.45, 7) is 4.10. The van der Waals surface area contributed by atoms with Crippen molar-refractivity contribution in [2.45, 2.75) is 58.4 Å². The summed E-state index contributed by atoms with van der Waals surface area (Å²) < 4.78 is 0. The first-order valence-electron chi connectivity index (χ1n) is 10.4. The number of benzene rings is 2. The molecule has 1 fully saturated rings. The highest BCUT2D eigenvalue weighted by Gasteiger charge is 2.21. The molecule has 0 spiro atoms. The zero-order chi connectivity index (χ0) is 19.5. The Morgan fingerprint density at radius 1 is 0.929 bits per heavy atom. The van der Waals surface area contributed by atoms with Crippen LogP contribution in [0.2, 0.25) is 0 Å². The number of aromatic nitrogens is 1. The predicted molar refractivity (Wildman–Crippen MR) is 116 cm³/mol. The van der Waals surface area contributed by atoms with Gasteiger partial charge in [-0.15, -0.1) is 0 Å². The zero-order valence-electron chi connectivity index (χ0n) is 16.8. The molecule has 0 aliphatic heterocycles. The Balaban J connectivity index is 1.78. The number of nitrogens with zero attached hydrogens (tertiary/aromatic N) is 1. The van der Waals surface area contributed by atoms with Gasteiger partial charge in [-0.05, 0) is 38.3 Å². The van der Waals surface area contributed by atoms with Crippen LogP contribution in [-0.4, -0.2) is 16.9 Å². The highest BCUT2D eigenvalue weighted by molar-refractivity contribution is 6.09. The molecule has 1 saturated carbocycles. The third kappa shape index (κ3) is 3.80. The third-order valence-electron chi connectivity index (χ3n) is 5.88. The molecule has 1 N–H and O–H groups in total. The number of fused-ring (bicyclic) bond motifs is 1. The van der Waals surface area contributed by atoms with Crippen molar-refractivity contribution in [2.75, 3.05) is 0 Å². The van der Waals surface area contributed by atoms with Gasteiger partial charge in [0.2, 0.25) is 0 Å². The Bertz CT molecular complexity index is 983. The Kier molecular flexibility index (Phi) is 5.43. The second-order valence-electron chi connectivity index (χ2n) is 8.01. The maximum atomic E-state index is 13.4. The smallest absolute Gasteiger partial charge is 0.252 e. The number of nitrogens with one attached hydrogen (secondary N) is 1. The molecule has 3 nitrogen and oxygen atoms in total. The molecule has 0 radical (unpaired) electrons. The Hall–Kier alpha value is -2.68. The molecular formula is C25H28N2O. The molecule has 0 atom stereocenters. The summed E-state index contributed by atoms with van der Waals surface area (Å²) in [6, 6.07) is 16.6. The molecule has 1 aliphatic rings. The molecule has 0 unspecified atom stereocenters. The van der Waals surface area contributed by atoms with Crippen molar-refractivity contribution in [2.24, 2.45) is 0 Å². The maximum Gasteiger partial charge on any atom is 0.252 e. The van der Waals surface area contributed by atoms with Gasteiger partial charge < -0.3 is 5.32 Å². The summed E-state index contributed by atoms with van der Waals surface area (Å²) in [4.78, 5) is 18.3. The van der Waals surface area contributed by atoms with Gasteiger partial charge in [-0.2, -0.15) is 0 Å². The van der Waals surface area contributed by atoms with Gasteiger partial charge >= 0.3 is 0 Å². The number of pyridine rings is 1. The molecule has 1 amide bonds. The van der Waals surface area contributed by atoms with Gasteiger partial charge in [0, 0.05) is 17.0 Å². The van der Waals surface area contributed by atoms with E-state index in [0.717, 1.165) is 46.1 Å². The summed E-state index contributed by atoms with van der Waals surface area (Å²) in [6.07, 6.45) is 7.13. The zero-order valence-corrected chi connectivity index (χ0v) is 16.8. The van der Waals surface area contributed by atoms with Gasteiger partial charge in [0.05, 0.1) is 16.8 Å². The minimum atomic E-state index is 0.0383. The average Bonchev–Trinajstić information content (AvgIpc) is 2.97. The van der Waals surface area contributed by atoms with E-state index >= 15 is 0 Å². The van der Waals surface area contributed by atoms with E-state index in [4.69, 9.17) is 4.98 Å². The van der Waals surface area contributed by atoms with E-state index in [1.165, 1.54) is 31.2 Å². The van der Waals surface area contributed by atoms with E-state index in [0.29, 0.717) is 0 Å². The quantitative estimate of drug-likeness (QED) is 0.575. The number of aryl methyl sites for hydroxylation is 1. The molecule has 1 aliphatic carbocycles. The summed E-state index contributed by atoms with van der Waals surface area (Å²) in [7, 11) is 0. The maximum absolute atomic E-state index is 13.4. The van der Waals surface area contributed by atoms with Gasteiger partial charge in [0.25, 0.3) is 5.91 Å². The van der Waals surface area contributed by atoms with E-state index in [1.807, 2.05) is 31.2 Å². The predicted octanol–water partition coefficient (Wildman–Crippen LogP) is 5.97. The van der Waals surface area contributed by atoms with E-state index in [-0.39, 0.29) is 11.9 Å². The van der Waals surface area contributed by atoms with Crippen LogP contribution in [0.25, 0.3) is 22.2 Å². The molecule has 2 aromatic carbocycles. The number of hydrogen-bond acceptors (Lipinski definition) is 2. The second-order valence-corrected chi connectivity index (χ2v) is 8.01. The van der Waals surface area contributed by atoms with Gasteiger partial charge in [-0.3, -0.25) is 4.79 Å². The molecule has 28 heavy (non-hydrogen) atoms. The molecule has 1 aromatic heterocycles. The number of hydrogen-bond donors (Lipinski definition) is 1. The lowest BCUT2D eigenvalue weighted by Gasteiger charge is -2.19. The van der Waals surface area contributed by atoms with E-state index in [2.05, 4.69) is 36.5 Å². The van der Waals surface area contributed by atoms with Crippen molar-refractivity contribution < 1.29 is 4.79 Å². The molecular weight excluding hydrogens is 344 g/mol. The van der Waals surface area contributed by atoms with Crippen molar-refractivity contribution in [3.05, 3.63) is 65.2 Å². The normalized spacial score (nSPS) is 15.4. The average molecular weight is 373 g/mol. The number of rotatable bonds is 3. The summed E-state index contributed by atoms with van der Waals surface area (Å²) in [5.41, 5.74) is 5.75. The molecule has 4 rings (SSSR count). The Labute approximate surface area is 167 Å². The summed E-state index contributed by atoms with van der Waals surface area (Å²) >= 11 is 0. The second kappa shape index (κ2) is 8.14. The Morgan fingerprint density at radius 3 is 2.32 bits per heavy atom. The van der Waals surface area contributed by atoms with Crippen molar-refractivity contribution in [1.82, 2.24) is 10.3 Å². The fourth-order valence-electron chi connectivity index (χ4n) is 4.27. The lowest BCUT2D eigenvalue weighted by atomic mass is 9.96. The van der Waals surface area contributed by atoms with Gasteiger partial charge in [-0.1, -0.05) is 73.7 Å². The van der Waals surface area contributed by atoms with E-state index in [1.54, 1.807) is 0 Å². The van der Waals surface area contributed by atoms with Crippen molar-refractivity contribution >= 4 is 16.8 Å². The number of carbonyl (C=O) groups is 1. The number of carbonyl (C=O) groups excluding carboxylic acids is 1. The lowest BCUT2D eigenvalue weighted by molar-refractivity contribution is 0.0934. The monoisotopic (exact) mass is 372 g/mol. The highest BCUT2D eigenvalue weighted by atomic mass is 16.1. The largest absolute Gasteiger partial charge is 0.349 e. The van der Waals surface area contributed by atoms with E-state index in [9.17, 15) is 4.79 Å². The molecule has 0 saturated heterocycles. The molecule has 0 bridgehead atoms. The number of amides is 1. The third-order valence-corrected chi connectivity index (χ3v) is 5.88. The van der Waals surface area contributed by atoms with Crippen molar-refractivity contribution in [1.29, 1.82) is 0 Å². The first kappa shape index (κ1) is 18.7. The van der Waals surface area contributed by atoms with Crippen LogP contribution in [-0.2, 0) is 0 Å². The fraction of sp³-hybridized carbons (Fsp3) is 0.360. The first-order chi connectivity index (χ1) is 13.6. The summed E-state index contributed by atoms with van der Waals surface area (Å²) in [5, 5.41) is 4.26. The summed E-state index contributed by atoms with van der Waals surface area (Å²) in [5.74, 6) is 0.0383. The van der Waals surface area contributed by atoms with Crippen molar-refractivity contribution in [3.63, 3.8) is 0 Å². The molecule has 3 aromatic rings. The van der Waals surface area contributed by atoms with Crippen molar-refractivity contribution in [3.8, 4) is 11.3 Å². The molecule has 3 heteroatoms. The number of para-hydroxylation sites is 1. The molecule has 144 valence electrons. The first-order valence-corrected chi connectivity index (χ1v) is 10.4. The Morgan fingerprint density at radius 2 is 1.61 bits per heavy atom. The van der Waals surface area contributed by atoms with Crippen LogP contribution in [0.4, 0.5) is 0 Å². The van der Waals surface area contributed by atoms with Gasteiger partial charge in [0.15, 0.2) is 0 Å². The standard InChI is InChI=1S/C25H28N2O/c1-17-13-15-19(16-14-17)24-18(2)23(21-11-7-8-12-22(21)27-24)25(28)26-20-9-5-3-4-6-10-20/h7-8,11-16,20H,3-6,9-10H2,1-2H3,(H,26,28). The topological polar surface area (TPSA) is 42.0 Å². The van der Waals surface area contributed by atoms with Crippen LogP contribution < -0.4 is 5.32 Å². The van der Waals surface area contributed by atoms with Crippen LogP contribution >= 0.6 is 0 Å². The van der Waals surface area contributed by atoms with Crippen LogP contribution in [0.1, 0.15) is 60.0 Å². The minimum absolute atomic E-state index is 0.0383. The van der Waals surface area contributed by atoms with Gasteiger partial charge in [-0.25, -0.2) is 4.98 Å². The van der Waals surface area contributed by atoms with Crippen LogP contribution in [0.5, 0.6) is 0 Å². The minimum Gasteiger partial charge on any atom is -0.349 e. The lowest BCUT2D eigenvalue weighted by Crippen LogP contribution is -2.35. The van der Waals surface area contributed by atoms with Crippen LogP contribution in [0, 0.1) is 13.8 Å². The van der Waals surface area contributed by atoms with Crippen LogP contribution in [0.3, 0.4) is 0 Å². The molecule has 1 heterocycles. The van der Waals surface area contributed by atoms with E-state index < -0.39 is 0 Å². The van der Waals surface area contributed by atoms with Gasteiger partial charge in [0.1, 0.15) is 0 Å².